The van der Waals surface area contributed by atoms with Gasteiger partial charge in [0, 0.05) is 33.8 Å². The van der Waals surface area contributed by atoms with Crippen molar-refractivity contribution in [2.75, 3.05) is 5.73 Å². The molecule has 0 aliphatic carbocycles. The number of carbonyl (C=O) groups is 2. The summed E-state index contributed by atoms with van der Waals surface area (Å²) in [5.41, 5.74) is 8.66. The van der Waals surface area contributed by atoms with E-state index in [2.05, 4.69) is 0 Å². The molecule has 5 rings (SSSR count). The molecule has 2 aliphatic rings. The number of fused-ring (bicyclic) bond motifs is 2. The van der Waals surface area contributed by atoms with E-state index < -0.39 is 11.9 Å². The molecule has 6 heteroatoms. The fourth-order valence-electron chi connectivity index (χ4n) is 3.51. The van der Waals surface area contributed by atoms with E-state index in [9.17, 15) is 9.59 Å². The minimum atomic E-state index is -0.442. The minimum Gasteiger partial charge on any atom is -0.422 e. The SMILES string of the molecule is C[n+]1ccc(C2=c3cc4c(cc3OC2=O)=C(c2ccc(N)cc2)C(=O)O4)cc1. The van der Waals surface area contributed by atoms with Crippen molar-refractivity contribution in [2.45, 2.75) is 0 Å². The number of aromatic nitrogens is 1. The molecule has 2 N–H and O–H groups in total. The summed E-state index contributed by atoms with van der Waals surface area (Å²) >= 11 is 0. The number of carbonyl (C=O) groups excluding carboxylic acids is 2. The first-order valence-corrected chi connectivity index (χ1v) is 8.70. The lowest BCUT2D eigenvalue weighted by molar-refractivity contribution is -0.671. The van der Waals surface area contributed by atoms with E-state index in [0.717, 1.165) is 5.56 Å². The first-order valence-electron chi connectivity index (χ1n) is 8.70. The van der Waals surface area contributed by atoms with Gasteiger partial charge in [0.05, 0.1) is 11.1 Å². The molecule has 0 atom stereocenters. The quantitative estimate of drug-likeness (QED) is 0.304. The van der Waals surface area contributed by atoms with Gasteiger partial charge >= 0.3 is 11.9 Å². The smallest absolute Gasteiger partial charge is 0.344 e. The van der Waals surface area contributed by atoms with Gasteiger partial charge in [-0.2, -0.15) is 0 Å². The number of hydrogen-bond acceptors (Lipinski definition) is 5. The van der Waals surface area contributed by atoms with Crippen molar-refractivity contribution in [2.24, 2.45) is 7.05 Å². The Hall–Kier alpha value is -3.93. The number of esters is 2. The first-order chi connectivity index (χ1) is 13.5. The van der Waals surface area contributed by atoms with Gasteiger partial charge in [-0.1, -0.05) is 12.1 Å². The largest absolute Gasteiger partial charge is 0.422 e. The maximum atomic E-state index is 12.5. The number of pyridine rings is 1. The van der Waals surface area contributed by atoms with Crippen LogP contribution in [0, 0.1) is 0 Å². The van der Waals surface area contributed by atoms with Crippen LogP contribution < -0.4 is 30.2 Å². The Bertz CT molecular complexity index is 1190. The zero-order chi connectivity index (χ0) is 19.4. The lowest BCUT2D eigenvalue weighted by atomic mass is 10.0. The number of rotatable bonds is 2. The van der Waals surface area contributed by atoms with E-state index >= 15 is 0 Å². The molecule has 2 aromatic carbocycles. The summed E-state index contributed by atoms with van der Waals surface area (Å²) in [5, 5.41) is 1.21. The van der Waals surface area contributed by atoms with Gasteiger partial charge in [-0.05, 0) is 29.8 Å². The van der Waals surface area contributed by atoms with Crippen molar-refractivity contribution in [1.29, 1.82) is 0 Å². The molecule has 0 spiro atoms. The number of benzene rings is 2. The van der Waals surface area contributed by atoms with Gasteiger partial charge in [0.2, 0.25) is 0 Å². The maximum Gasteiger partial charge on any atom is 0.344 e. The molecular weight excluding hydrogens is 356 g/mol. The fraction of sp³-hybridized carbons (Fsp3) is 0.0455. The van der Waals surface area contributed by atoms with Crippen LogP contribution in [0.25, 0.3) is 11.1 Å². The van der Waals surface area contributed by atoms with Crippen molar-refractivity contribution in [1.82, 2.24) is 0 Å². The van der Waals surface area contributed by atoms with E-state index in [-0.39, 0.29) is 0 Å². The van der Waals surface area contributed by atoms with Crippen LogP contribution in [0.3, 0.4) is 0 Å². The van der Waals surface area contributed by atoms with E-state index in [1.807, 2.05) is 36.1 Å². The topological polar surface area (TPSA) is 82.5 Å². The first kappa shape index (κ1) is 16.3. The third-order valence-corrected chi connectivity index (χ3v) is 4.90. The Kier molecular flexibility index (Phi) is 3.36. The summed E-state index contributed by atoms with van der Waals surface area (Å²) in [6.45, 7) is 0. The lowest BCUT2D eigenvalue weighted by Crippen LogP contribution is -2.26. The van der Waals surface area contributed by atoms with Gasteiger partial charge in [0.25, 0.3) is 0 Å². The van der Waals surface area contributed by atoms with Gasteiger partial charge in [0.1, 0.15) is 18.5 Å². The molecular formula is C22H15N2O4+. The lowest BCUT2D eigenvalue weighted by Gasteiger charge is -2.00. The van der Waals surface area contributed by atoms with Crippen LogP contribution in [-0.2, 0) is 16.6 Å². The number of nitrogens with two attached hydrogens (primary N) is 1. The third-order valence-electron chi connectivity index (χ3n) is 4.90. The summed E-state index contributed by atoms with van der Waals surface area (Å²) in [6, 6.07) is 14.1. The standard InChI is InChI=1S/C22H14N2O4/c1-24-8-6-13(7-9-24)20-16-11-17-15(10-18(16)28-22(20)26)19(21(25)27-17)12-2-4-14(23)5-3-12/h2-11,23H,1H3/p+1. The van der Waals surface area contributed by atoms with Crippen molar-refractivity contribution >= 4 is 28.8 Å². The van der Waals surface area contributed by atoms with E-state index in [4.69, 9.17) is 15.2 Å². The molecule has 0 fully saturated rings. The number of nitrogens with zero attached hydrogens (tertiary/aromatic N) is 1. The van der Waals surface area contributed by atoms with Crippen LogP contribution in [0.15, 0.2) is 60.9 Å². The number of hydrogen-bond donors (Lipinski definition) is 1. The number of nitrogen functional groups attached to an aromatic ring is 1. The third kappa shape index (κ3) is 2.39. The molecule has 1 aromatic heterocycles. The highest BCUT2D eigenvalue weighted by Crippen LogP contribution is 2.27. The Morgan fingerprint density at radius 1 is 0.750 bits per heavy atom. The predicted molar refractivity (Wildman–Crippen MR) is 100 cm³/mol. The Labute approximate surface area is 159 Å². The molecule has 0 amide bonds. The van der Waals surface area contributed by atoms with E-state index in [1.165, 1.54) is 0 Å². The van der Waals surface area contributed by atoms with Gasteiger partial charge in [-0.15, -0.1) is 0 Å². The second-order valence-corrected chi connectivity index (χ2v) is 6.75. The summed E-state index contributed by atoms with van der Waals surface area (Å²) < 4.78 is 12.8. The predicted octanol–water partition coefficient (Wildman–Crippen LogP) is 0.329. The minimum absolute atomic E-state index is 0.410. The summed E-state index contributed by atoms with van der Waals surface area (Å²) in [4.78, 5) is 25.0. The van der Waals surface area contributed by atoms with Gasteiger partial charge in [-0.3, -0.25) is 0 Å². The van der Waals surface area contributed by atoms with E-state index in [1.54, 1.807) is 36.4 Å². The molecule has 136 valence electrons. The van der Waals surface area contributed by atoms with Crippen LogP contribution in [0.2, 0.25) is 0 Å². The molecule has 0 unspecified atom stereocenters. The highest BCUT2D eigenvalue weighted by atomic mass is 16.5. The molecule has 0 saturated heterocycles. The Morgan fingerprint density at radius 2 is 1.21 bits per heavy atom. The molecule has 0 bridgehead atoms. The zero-order valence-electron chi connectivity index (χ0n) is 14.9. The fourth-order valence-corrected chi connectivity index (χ4v) is 3.51. The molecule has 3 aromatic rings. The van der Waals surface area contributed by atoms with Crippen LogP contribution in [0.4, 0.5) is 5.69 Å². The van der Waals surface area contributed by atoms with Gasteiger partial charge in [-0.25, -0.2) is 14.2 Å². The maximum absolute atomic E-state index is 12.5. The van der Waals surface area contributed by atoms with Crippen LogP contribution in [0.5, 0.6) is 11.5 Å². The van der Waals surface area contributed by atoms with Gasteiger partial charge < -0.3 is 15.2 Å². The zero-order valence-corrected chi connectivity index (χ0v) is 14.9. The molecule has 3 heterocycles. The average Bonchev–Trinajstić information content (AvgIpc) is 3.16. The number of aryl methyl sites for hydroxylation is 1. The van der Waals surface area contributed by atoms with Crippen molar-refractivity contribution in [3.8, 4) is 11.5 Å². The average molecular weight is 371 g/mol. The molecule has 0 saturated carbocycles. The van der Waals surface area contributed by atoms with Crippen LogP contribution >= 0.6 is 0 Å². The summed E-state index contributed by atoms with van der Waals surface area (Å²) in [6.07, 6.45) is 3.71. The van der Waals surface area contributed by atoms with E-state index in [0.29, 0.717) is 44.3 Å². The molecule has 28 heavy (non-hydrogen) atoms. The van der Waals surface area contributed by atoms with Gasteiger partial charge in [0.15, 0.2) is 12.4 Å². The summed E-state index contributed by atoms with van der Waals surface area (Å²) in [7, 11) is 1.90. The second-order valence-electron chi connectivity index (χ2n) is 6.75. The number of anilines is 1. The highest BCUT2D eigenvalue weighted by molar-refractivity contribution is 6.21. The van der Waals surface area contributed by atoms with Crippen molar-refractivity contribution in [3.05, 3.63) is 82.5 Å². The van der Waals surface area contributed by atoms with Crippen molar-refractivity contribution < 1.29 is 23.6 Å². The monoisotopic (exact) mass is 371 g/mol. The molecule has 2 aliphatic heterocycles. The normalized spacial score (nSPS) is 14.6. The Balaban J connectivity index is 1.76. The molecule has 6 nitrogen and oxygen atoms in total. The number of ether oxygens (including phenoxy) is 2. The summed E-state index contributed by atoms with van der Waals surface area (Å²) in [5.74, 6) is -0.0398. The molecule has 0 radical (unpaired) electrons. The van der Waals surface area contributed by atoms with Crippen LogP contribution in [-0.4, -0.2) is 11.9 Å². The second kappa shape index (κ2) is 5.79. The Morgan fingerprint density at radius 3 is 1.71 bits per heavy atom. The van der Waals surface area contributed by atoms with Crippen molar-refractivity contribution in [3.63, 3.8) is 0 Å². The highest BCUT2D eigenvalue weighted by Gasteiger charge is 2.30. The van der Waals surface area contributed by atoms with Crippen LogP contribution in [0.1, 0.15) is 11.1 Å².